The molecular weight excluding hydrogens is 292 g/mol. The molecule has 1 N–H and O–H groups in total. The van der Waals surface area contributed by atoms with Gasteiger partial charge in [-0.2, -0.15) is 0 Å². The SMILES string of the molecule is COc1ccc(-c2ccc(OCCCCCC(=O)O)cc2)cc1. The van der Waals surface area contributed by atoms with E-state index in [1.165, 1.54) is 0 Å². The summed E-state index contributed by atoms with van der Waals surface area (Å²) in [4.78, 5) is 10.4. The second kappa shape index (κ2) is 8.83. The molecule has 0 unspecified atom stereocenters. The maximum Gasteiger partial charge on any atom is 0.303 e. The Morgan fingerprint density at radius 1 is 0.870 bits per heavy atom. The molecule has 0 amide bonds. The fraction of sp³-hybridized carbons (Fsp3) is 0.316. The molecule has 0 fully saturated rings. The Labute approximate surface area is 136 Å². The summed E-state index contributed by atoms with van der Waals surface area (Å²) in [6.07, 6.45) is 2.68. The molecule has 2 aromatic rings. The highest BCUT2D eigenvalue weighted by molar-refractivity contribution is 5.66. The lowest BCUT2D eigenvalue weighted by molar-refractivity contribution is -0.137. The van der Waals surface area contributed by atoms with E-state index in [9.17, 15) is 4.79 Å². The molecule has 0 spiro atoms. The third-order valence-corrected chi connectivity index (χ3v) is 3.58. The lowest BCUT2D eigenvalue weighted by atomic mass is 10.1. The molecule has 0 aliphatic carbocycles. The normalized spacial score (nSPS) is 10.3. The largest absolute Gasteiger partial charge is 0.497 e. The third-order valence-electron chi connectivity index (χ3n) is 3.58. The van der Waals surface area contributed by atoms with Crippen LogP contribution < -0.4 is 9.47 Å². The van der Waals surface area contributed by atoms with Crippen LogP contribution in [0.15, 0.2) is 48.5 Å². The highest BCUT2D eigenvalue weighted by Gasteiger charge is 2.00. The van der Waals surface area contributed by atoms with Crippen LogP contribution in [0.4, 0.5) is 0 Å². The number of carboxylic acids is 1. The van der Waals surface area contributed by atoms with Gasteiger partial charge in [0.15, 0.2) is 0 Å². The van der Waals surface area contributed by atoms with Gasteiger partial charge >= 0.3 is 5.97 Å². The van der Waals surface area contributed by atoms with Crippen molar-refractivity contribution in [2.45, 2.75) is 25.7 Å². The fourth-order valence-corrected chi connectivity index (χ4v) is 2.27. The first-order valence-electron chi connectivity index (χ1n) is 7.78. The van der Waals surface area contributed by atoms with Crippen LogP contribution in [-0.4, -0.2) is 24.8 Å². The number of aliphatic carboxylic acids is 1. The smallest absolute Gasteiger partial charge is 0.303 e. The van der Waals surface area contributed by atoms with Crippen molar-refractivity contribution in [3.63, 3.8) is 0 Å². The van der Waals surface area contributed by atoms with Gasteiger partial charge in [-0.3, -0.25) is 4.79 Å². The molecule has 23 heavy (non-hydrogen) atoms. The van der Waals surface area contributed by atoms with E-state index >= 15 is 0 Å². The molecule has 0 atom stereocenters. The molecule has 0 radical (unpaired) electrons. The number of ether oxygens (including phenoxy) is 2. The Balaban J connectivity index is 1.78. The molecule has 4 heteroatoms. The van der Waals surface area contributed by atoms with E-state index in [-0.39, 0.29) is 6.42 Å². The first-order valence-corrected chi connectivity index (χ1v) is 7.78. The first kappa shape index (κ1) is 16.9. The van der Waals surface area contributed by atoms with E-state index in [0.29, 0.717) is 13.0 Å². The van der Waals surface area contributed by atoms with Crippen LogP contribution in [0, 0.1) is 0 Å². The van der Waals surface area contributed by atoms with Gasteiger partial charge in [0.1, 0.15) is 11.5 Å². The van der Waals surface area contributed by atoms with Crippen LogP contribution >= 0.6 is 0 Å². The number of hydrogen-bond acceptors (Lipinski definition) is 3. The molecule has 122 valence electrons. The Morgan fingerprint density at radius 3 is 1.96 bits per heavy atom. The maximum absolute atomic E-state index is 10.4. The summed E-state index contributed by atoms with van der Waals surface area (Å²) in [5.74, 6) is 0.942. The Bertz CT molecular complexity index is 602. The number of carbonyl (C=O) groups is 1. The Kier molecular flexibility index (Phi) is 6.48. The molecule has 0 heterocycles. The minimum atomic E-state index is -0.736. The zero-order valence-corrected chi connectivity index (χ0v) is 13.3. The first-order chi connectivity index (χ1) is 11.2. The molecule has 0 aliphatic rings. The molecule has 4 nitrogen and oxygen atoms in total. The van der Waals surface area contributed by atoms with E-state index in [1.54, 1.807) is 7.11 Å². The zero-order valence-electron chi connectivity index (χ0n) is 13.3. The number of benzene rings is 2. The minimum Gasteiger partial charge on any atom is -0.497 e. The summed E-state index contributed by atoms with van der Waals surface area (Å²) < 4.78 is 10.8. The third kappa shape index (κ3) is 5.66. The summed E-state index contributed by atoms with van der Waals surface area (Å²) in [6.45, 7) is 0.613. The molecule has 0 aliphatic heterocycles. The summed E-state index contributed by atoms with van der Waals surface area (Å²) >= 11 is 0. The zero-order chi connectivity index (χ0) is 16.5. The molecule has 0 bridgehead atoms. The van der Waals surface area contributed by atoms with Crippen molar-refractivity contribution in [3.8, 4) is 22.6 Å². The number of rotatable bonds is 9. The lowest BCUT2D eigenvalue weighted by Crippen LogP contribution is -1.99. The van der Waals surface area contributed by atoms with Crippen LogP contribution in [0.2, 0.25) is 0 Å². The molecule has 2 aromatic carbocycles. The molecule has 0 saturated heterocycles. The van der Waals surface area contributed by atoms with Gasteiger partial charge < -0.3 is 14.6 Å². The number of unbranched alkanes of at least 4 members (excludes halogenated alkanes) is 2. The van der Waals surface area contributed by atoms with Crippen molar-refractivity contribution in [1.82, 2.24) is 0 Å². The van der Waals surface area contributed by atoms with Gasteiger partial charge in [-0.05, 0) is 54.7 Å². The van der Waals surface area contributed by atoms with E-state index in [0.717, 1.165) is 35.5 Å². The second-order valence-corrected chi connectivity index (χ2v) is 5.31. The van der Waals surface area contributed by atoms with Crippen LogP contribution in [-0.2, 0) is 4.79 Å². The van der Waals surface area contributed by atoms with Crippen LogP contribution in [0.5, 0.6) is 11.5 Å². The lowest BCUT2D eigenvalue weighted by Gasteiger charge is -2.08. The van der Waals surface area contributed by atoms with Crippen molar-refractivity contribution in [2.75, 3.05) is 13.7 Å². The number of carboxylic acid groups (broad SMARTS) is 1. The van der Waals surface area contributed by atoms with Crippen molar-refractivity contribution >= 4 is 5.97 Å². The van der Waals surface area contributed by atoms with E-state index in [1.807, 2.05) is 48.5 Å². The Hall–Kier alpha value is -2.49. The standard InChI is InChI=1S/C19H22O4/c1-22-17-10-6-15(7-11-17)16-8-12-18(13-9-16)23-14-4-2-3-5-19(20)21/h6-13H,2-5,14H2,1H3,(H,20,21). The maximum atomic E-state index is 10.4. The van der Waals surface area contributed by atoms with Crippen LogP contribution in [0.1, 0.15) is 25.7 Å². The van der Waals surface area contributed by atoms with Crippen molar-refractivity contribution < 1.29 is 19.4 Å². The summed E-state index contributed by atoms with van der Waals surface area (Å²) in [7, 11) is 1.66. The van der Waals surface area contributed by atoms with Crippen LogP contribution in [0.25, 0.3) is 11.1 Å². The predicted molar refractivity (Wildman–Crippen MR) is 90.0 cm³/mol. The highest BCUT2D eigenvalue weighted by atomic mass is 16.5. The highest BCUT2D eigenvalue weighted by Crippen LogP contribution is 2.24. The van der Waals surface area contributed by atoms with Crippen molar-refractivity contribution in [1.29, 1.82) is 0 Å². The quantitative estimate of drug-likeness (QED) is 0.698. The number of hydrogen-bond donors (Lipinski definition) is 1. The second-order valence-electron chi connectivity index (χ2n) is 5.31. The predicted octanol–water partition coefficient (Wildman–Crippen LogP) is 4.39. The van der Waals surface area contributed by atoms with Gasteiger partial charge in [0.05, 0.1) is 13.7 Å². The Morgan fingerprint density at radius 2 is 1.43 bits per heavy atom. The van der Waals surface area contributed by atoms with Gasteiger partial charge in [0, 0.05) is 6.42 Å². The van der Waals surface area contributed by atoms with Crippen LogP contribution in [0.3, 0.4) is 0 Å². The fourth-order valence-electron chi connectivity index (χ4n) is 2.27. The summed E-state index contributed by atoms with van der Waals surface area (Å²) in [5.41, 5.74) is 2.26. The van der Waals surface area contributed by atoms with Gasteiger partial charge in [-0.1, -0.05) is 24.3 Å². The molecule has 0 saturated carbocycles. The topological polar surface area (TPSA) is 55.8 Å². The number of methoxy groups -OCH3 is 1. The average Bonchev–Trinajstić information content (AvgIpc) is 2.58. The summed E-state index contributed by atoms with van der Waals surface area (Å²) in [5, 5.41) is 8.56. The minimum absolute atomic E-state index is 0.233. The van der Waals surface area contributed by atoms with Gasteiger partial charge in [-0.15, -0.1) is 0 Å². The molecule has 0 aromatic heterocycles. The molecule has 2 rings (SSSR count). The van der Waals surface area contributed by atoms with Crippen molar-refractivity contribution in [3.05, 3.63) is 48.5 Å². The van der Waals surface area contributed by atoms with E-state index in [4.69, 9.17) is 14.6 Å². The molecular formula is C19H22O4. The van der Waals surface area contributed by atoms with E-state index in [2.05, 4.69) is 0 Å². The van der Waals surface area contributed by atoms with Gasteiger partial charge in [0.2, 0.25) is 0 Å². The van der Waals surface area contributed by atoms with E-state index < -0.39 is 5.97 Å². The average molecular weight is 314 g/mol. The monoisotopic (exact) mass is 314 g/mol. The van der Waals surface area contributed by atoms with Gasteiger partial charge in [0.25, 0.3) is 0 Å². The van der Waals surface area contributed by atoms with Crippen molar-refractivity contribution in [2.24, 2.45) is 0 Å². The summed E-state index contributed by atoms with van der Waals surface area (Å²) in [6, 6.07) is 15.9. The van der Waals surface area contributed by atoms with Gasteiger partial charge in [-0.25, -0.2) is 0 Å².